The molecular formula is C21H27N3O3S. The van der Waals surface area contributed by atoms with E-state index in [1.165, 1.54) is 30.3 Å². The van der Waals surface area contributed by atoms with Gasteiger partial charge in [-0.25, -0.2) is 4.98 Å². The molecule has 0 bridgehead atoms. The summed E-state index contributed by atoms with van der Waals surface area (Å²) >= 11 is 1.46. The number of esters is 1. The number of carbonyl (C=O) groups excluding carboxylic acids is 2. The summed E-state index contributed by atoms with van der Waals surface area (Å²) in [6.45, 7) is 2.65. The molecule has 0 saturated heterocycles. The SMILES string of the molecule is CCOC(=O)CCCNC(=O)CSc1nc2c(n1-c1ccccc1)CCCC2. The Morgan fingerprint density at radius 3 is 2.79 bits per heavy atom. The minimum Gasteiger partial charge on any atom is -0.466 e. The molecule has 0 radical (unpaired) electrons. The van der Waals surface area contributed by atoms with Gasteiger partial charge in [0, 0.05) is 24.3 Å². The van der Waals surface area contributed by atoms with Crippen molar-refractivity contribution in [1.29, 1.82) is 0 Å². The zero-order chi connectivity index (χ0) is 19.8. The van der Waals surface area contributed by atoms with Gasteiger partial charge in [0.1, 0.15) is 0 Å². The lowest BCUT2D eigenvalue weighted by molar-refractivity contribution is -0.143. The molecule has 1 amide bonds. The molecule has 0 aliphatic heterocycles. The van der Waals surface area contributed by atoms with E-state index in [1.54, 1.807) is 6.92 Å². The maximum absolute atomic E-state index is 12.2. The molecule has 0 atom stereocenters. The first-order valence-electron chi connectivity index (χ1n) is 9.90. The topological polar surface area (TPSA) is 73.2 Å². The summed E-state index contributed by atoms with van der Waals surface area (Å²) in [5.74, 6) is 0.0401. The summed E-state index contributed by atoms with van der Waals surface area (Å²) in [6.07, 6.45) is 5.29. The molecule has 3 rings (SSSR count). The van der Waals surface area contributed by atoms with Gasteiger partial charge in [-0.1, -0.05) is 30.0 Å². The fourth-order valence-corrected chi connectivity index (χ4v) is 4.21. The number of para-hydroxylation sites is 1. The van der Waals surface area contributed by atoms with Gasteiger partial charge in [-0.2, -0.15) is 0 Å². The number of aromatic nitrogens is 2. The normalized spacial score (nSPS) is 13.0. The van der Waals surface area contributed by atoms with E-state index in [4.69, 9.17) is 9.72 Å². The van der Waals surface area contributed by atoms with Gasteiger partial charge in [0.15, 0.2) is 5.16 Å². The number of ether oxygens (including phenoxy) is 1. The van der Waals surface area contributed by atoms with Crippen molar-refractivity contribution in [2.75, 3.05) is 18.9 Å². The van der Waals surface area contributed by atoms with Crippen LogP contribution >= 0.6 is 11.8 Å². The largest absolute Gasteiger partial charge is 0.466 e. The number of aryl methyl sites for hydroxylation is 1. The quantitative estimate of drug-likeness (QED) is 0.396. The molecule has 1 heterocycles. The van der Waals surface area contributed by atoms with Crippen LogP contribution in [0.5, 0.6) is 0 Å². The van der Waals surface area contributed by atoms with Crippen LogP contribution in [0.1, 0.15) is 44.0 Å². The molecule has 7 heteroatoms. The zero-order valence-electron chi connectivity index (χ0n) is 16.3. The van der Waals surface area contributed by atoms with Crippen LogP contribution in [0.25, 0.3) is 5.69 Å². The standard InChI is InChI=1S/C21H27N3O3S/c1-2-27-20(26)13-8-14-22-19(25)15-28-21-23-17-11-6-7-12-18(17)24(21)16-9-4-3-5-10-16/h3-5,9-10H,2,6-8,11-15H2,1H3,(H,22,25). The van der Waals surface area contributed by atoms with E-state index in [0.29, 0.717) is 31.7 Å². The van der Waals surface area contributed by atoms with Crippen LogP contribution in [0, 0.1) is 0 Å². The first-order chi connectivity index (χ1) is 13.7. The van der Waals surface area contributed by atoms with Crippen LogP contribution in [0.2, 0.25) is 0 Å². The molecule has 1 aliphatic carbocycles. The highest BCUT2D eigenvalue weighted by atomic mass is 32.2. The number of thioether (sulfide) groups is 1. The Labute approximate surface area is 170 Å². The molecule has 150 valence electrons. The van der Waals surface area contributed by atoms with Crippen LogP contribution in [0.4, 0.5) is 0 Å². The van der Waals surface area contributed by atoms with E-state index in [0.717, 1.165) is 29.4 Å². The molecule has 6 nitrogen and oxygen atoms in total. The van der Waals surface area contributed by atoms with Gasteiger partial charge in [0.05, 0.1) is 18.1 Å². The van der Waals surface area contributed by atoms with Gasteiger partial charge in [0.2, 0.25) is 5.91 Å². The van der Waals surface area contributed by atoms with Gasteiger partial charge in [-0.15, -0.1) is 0 Å². The number of nitrogens with zero attached hydrogens (tertiary/aromatic N) is 2. The van der Waals surface area contributed by atoms with E-state index < -0.39 is 0 Å². The van der Waals surface area contributed by atoms with Crippen molar-refractivity contribution in [1.82, 2.24) is 14.9 Å². The van der Waals surface area contributed by atoms with Crippen LogP contribution < -0.4 is 5.32 Å². The van der Waals surface area contributed by atoms with Crippen LogP contribution in [0.15, 0.2) is 35.5 Å². The molecule has 0 saturated carbocycles. The Hall–Kier alpha value is -2.28. The van der Waals surface area contributed by atoms with Gasteiger partial charge in [0.25, 0.3) is 0 Å². The molecule has 1 N–H and O–H groups in total. The maximum Gasteiger partial charge on any atom is 0.305 e. The van der Waals surface area contributed by atoms with Crippen LogP contribution in [-0.4, -0.2) is 40.3 Å². The Morgan fingerprint density at radius 2 is 2.00 bits per heavy atom. The van der Waals surface area contributed by atoms with E-state index >= 15 is 0 Å². The van der Waals surface area contributed by atoms with Crippen LogP contribution in [-0.2, 0) is 27.2 Å². The van der Waals surface area contributed by atoms with Crippen molar-refractivity contribution < 1.29 is 14.3 Å². The summed E-state index contributed by atoms with van der Waals surface area (Å²) in [6, 6.07) is 10.2. The Kier molecular flexibility index (Phi) is 7.54. The number of carbonyl (C=O) groups is 2. The van der Waals surface area contributed by atoms with Gasteiger partial charge >= 0.3 is 5.97 Å². The second-order valence-electron chi connectivity index (χ2n) is 6.71. The lowest BCUT2D eigenvalue weighted by Crippen LogP contribution is -2.26. The fourth-order valence-electron chi connectivity index (χ4n) is 3.33. The monoisotopic (exact) mass is 401 g/mol. The number of nitrogens with one attached hydrogen (secondary N) is 1. The smallest absolute Gasteiger partial charge is 0.305 e. The molecule has 0 spiro atoms. The van der Waals surface area contributed by atoms with Gasteiger partial charge in [-0.05, 0) is 51.2 Å². The lowest BCUT2D eigenvalue weighted by Gasteiger charge is -2.15. The minimum atomic E-state index is -0.221. The van der Waals surface area contributed by atoms with Crippen molar-refractivity contribution in [3.05, 3.63) is 41.7 Å². The van der Waals surface area contributed by atoms with Gasteiger partial charge in [-0.3, -0.25) is 14.2 Å². The summed E-state index contributed by atoms with van der Waals surface area (Å²) in [5, 5.41) is 3.74. The van der Waals surface area contributed by atoms with E-state index in [1.807, 2.05) is 18.2 Å². The summed E-state index contributed by atoms with van der Waals surface area (Å²) in [7, 11) is 0. The van der Waals surface area contributed by atoms with Crippen molar-refractivity contribution in [2.24, 2.45) is 0 Å². The summed E-state index contributed by atoms with van der Waals surface area (Å²) in [4.78, 5) is 28.3. The Balaban J connectivity index is 1.58. The number of rotatable bonds is 9. The third-order valence-electron chi connectivity index (χ3n) is 4.63. The number of fused-ring (bicyclic) bond motifs is 1. The number of imidazole rings is 1. The third kappa shape index (κ3) is 5.38. The predicted molar refractivity (Wildman–Crippen MR) is 110 cm³/mol. The van der Waals surface area contributed by atoms with Crippen molar-refractivity contribution in [2.45, 2.75) is 50.6 Å². The highest BCUT2D eigenvalue weighted by Gasteiger charge is 2.21. The first kappa shape index (κ1) is 20.5. The highest BCUT2D eigenvalue weighted by molar-refractivity contribution is 7.99. The first-order valence-corrected chi connectivity index (χ1v) is 10.9. The van der Waals surface area contributed by atoms with E-state index in [2.05, 4.69) is 22.0 Å². The predicted octanol–water partition coefficient (Wildman–Crippen LogP) is 3.30. The number of hydrogen-bond donors (Lipinski definition) is 1. The average molecular weight is 402 g/mol. The highest BCUT2D eigenvalue weighted by Crippen LogP contribution is 2.30. The second-order valence-corrected chi connectivity index (χ2v) is 7.66. The summed E-state index contributed by atoms with van der Waals surface area (Å²) in [5.41, 5.74) is 3.53. The van der Waals surface area contributed by atoms with Crippen molar-refractivity contribution in [3.8, 4) is 5.69 Å². The Morgan fingerprint density at radius 1 is 1.21 bits per heavy atom. The molecule has 0 unspecified atom stereocenters. The lowest BCUT2D eigenvalue weighted by atomic mass is 10.0. The second kappa shape index (κ2) is 10.3. The van der Waals surface area contributed by atoms with Crippen LogP contribution in [0.3, 0.4) is 0 Å². The molecular weight excluding hydrogens is 374 g/mol. The molecule has 1 aromatic carbocycles. The molecule has 2 aromatic rings. The molecule has 1 aliphatic rings. The number of hydrogen-bond acceptors (Lipinski definition) is 5. The van der Waals surface area contributed by atoms with Gasteiger partial charge < -0.3 is 10.1 Å². The van der Waals surface area contributed by atoms with E-state index in [-0.39, 0.29) is 11.9 Å². The molecule has 28 heavy (non-hydrogen) atoms. The summed E-state index contributed by atoms with van der Waals surface area (Å²) < 4.78 is 7.08. The van der Waals surface area contributed by atoms with Crippen molar-refractivity contribution in [3.63, 3.8) is 0 Å². The zero-order valence-corrected chi connectivity index (χ0v) is 17.1. The number of amides is 1. The number of benzene rings is 1. The molecule has 0 fully saturated rings. The minimum absolute atomic E-state index is 0.0468. The molecule has 1 aromatic heterocycles. The van der Waals surface area contributed by atoms with E-state index in [9.17, 15) is 9.59 Å². The maximum atomic E-state index is 12.2. The Bertz CT molecular complexity index is 805. The third-order valence-corrected chi connectivity index (χ3v) is 5.57. The van der Waals surface area contributed by atoms with Crippen molar-refractivity contribution >= 4 is 23.6 Å². The fraction of sp³-hybridized carbons (Fsp3) is 0.476. The average Bonchev–Trinajstić information content (AvgIpc) is 3.09.